The van der Waals surface area contributed by atoms with E-state index in [4.69, 9.17) is 15.2 Å². The molecule has 2 unspecified atom stereocenters. The number of nitrogens with two attached hydrogens (primary N) is 1. The van der Waals surface area contributed by atoms with Crippen LogP contribution in [0.15, 0.2) is 36.5 Å². The van der Waals surface area contributed by atoms with Crippen LogP contribution in [0.1, 0.15) is 12.1 Å². The summed E-state index contributed by atoms with van der Waals surface area (Å²) in [5.41, 5.74) is 7.42. The number of para-hydroxylation sites is 2. The van der Waals surface area contributed by atoms with Crippen LogP contribution >= 0.6 is 0 Å². The number of fused-ring (bicyclic) bond motifs is 1. The molecule has 2 N–H and O–H groups in total. The Morgan fingerprint density at radius 3 is 2.90 bits per heavy atom. The Morgan fingerprint density at radius 1 is 1.35 bits per heavy atom. The number of benzene rings is 1. The molecule has 1 aromatic carbocycles. The summed E-state index contributed by atoms with van der Waals surface area (Å²) >= 11 is 0. The summed E-state index contributed by atoms with van der Waals surface area (Å²) in [5, 5.41) is 4.16. The summed E-state index contributed by atoms with van der Waals surface area (Å²) in [6, 6.07) is 9.65. The quantitative estimate of drug-likeness (QED) is 0.917. The van der Waals surface area contributed by atoms with E-state index < -0.39 is 0 Å². The smallest absolute Gasteiger partial charge is 0.161 e. The van der Waals surface area contributed by atoms with Crippen molar-refractivity contribution in [3.8, 4) is 11.5 Å². The molecule has 106 valence electrons. The molecular formula is C15H19N3O2. The minimum Gasteiger partial charge on any atom is -0.486 e. The van der Waals surface area contributed by atoms with Crippen LogP contribution in [0.4, 0.5) is 0 Å². The number of rotatable bonds is 4. The SMILES string of the molecule is Cn1nccc1CCC(N)C1COc2ccccc2O1. The highest BCUT2D eigenvalue weighted by atomic mass is 16.6. The van der Waals surface area contributed by atoms with Gasteiger partial charge < -0.3 is 15.2 Å². The fourth-order valence-corrected chi connectivity index (χ4v) is 2.39. The Labute approximate surface area is 118 Å². The summed E-state index contributed by atoms with van der Waals surface area (Å²) < 4.78 is 13.5. The van der Waals surface area contributed by atoms with Gasteiger partial charge in [0.2, 0.25) is 0 Å². The van der Waals surface area contributed by atoms with E-state index in [1.165, 1.54) is 5.69 Å². The van der Waals surface area contributed by atoms with Crippen molar-refractivity contribution in [3.63, 3.8) is 0 Å². The first-order chi connectivity index (χ1) is 9.74. The Hall–Kier alpha value is -2.01. The number of hydrogen-bond donors (Lipinski definition) is 1. The van der Waals surface area contributed by atoms with Crippen molar-refractivity contribution in [2.24, 2.45) is 12.8 Å². The van der Waals surface area contributed by atoms with Crippen molar-refractivity contribution < 1.29 is 9.47 Å². The third-order valence-corrected chi connectivity index (χ3v) is 3.66. The molecule has 1 aromatic heterocycles. The molecule has 0 radical (unpaired) electrons. The largest absolute Gasteiger partial charge is 0.486 e. The van der Waals surface area contributed by atoms with Crippen LogP contribution in [0, 0.1) is 0 Å². The van der Waals surface area contributed by atoms with E-state index in [1.54, 1.807) is 6.20 Å². The predicted octanol–water partition coefficient (Wildman–Crippen LogP) is 1.52. The number of ether oxygens (including phenoxy) is 2. The van der Waals surface area contributed by atoms with Gasteiger partial charge in [0.15, 0.2) is 11.5 Å². The van der Waals surface area contributed by atoms with Gasteiger partial charge in [0, 0.05) is 25.0 Å². The summed E-state index contributed by atoms with van der Waals surface area (Å²) in [5.74, 6) is 1.57. The van der Waals surface area contributed by atoms with E-state index in [-0.39, 0.29) is 12.1 Å². The second-order valence-corrected chi connectivity index (χ2v) is 5.06. The van der Waals surface area contributed by atoms with Crippen LogP contribution < -0.4 is 15.2 Å². The molecule has 1 aliphatic rings. The standard InChI is InChI=1S/C15H19N3O2/c1-18-11(8-9-17-18)6-7-12(16)15-10-19-13-4-2-3-5-14(13)20-15/h2-5,8-9,12,15H,6-7,10,16H2,1H3. The van der Waals surface area contributed by atoms with Gasteiger partial charge in [0.25, 0.3) is 0 Å². The van der Waals surface area contributed by atoms with E-state index in [1.807, 2.05) is 42.1 Å². The minimum atomic E-state index is -0.0990. The van der Waals surface area contributed by atoms with Crippen molar-refractivity contribution in [2.75, 3.05) is 6.61 Å². The average Bonchev–Trinajstić information content (AvgIpc) is 2.89. The van der Waals surface area contributed by atoms with Crippen LogP contribution in [0.5, 0.6) is 11.5 Å². The first-order valence-corrected chi connectivity index (χ1v) is 6.85. The maximum absolute atomic E-state index is 6.24. The molecule has 0 bridgehead atoms. The topological polar surface area (TPSA) is 62.3 Å². The molecule has 1 aliphatic heterocycles. The fourth-order valence-electron chi connectivity index (χ4n) is 2.39. The van der Waals surface area contributed by atoms with Gasteiger partial charge in [-0.2, -0.15) is 5.10 Å². The third-order valence-electron chi connectivity index (χ3n) is 3.66. The Balaban J connectivity index is 1.59. The highest BCUT2D eigenvalue weighted by molar-refractivity contribution is 5.40. The van der Waals surface area contributed by atoms with E-state index in [2.05, 4.69) is 5.10 Å². The van der Waals surface area contributed by atoms with E-state index in [0.29, 0.717) is 6.61 Å². The van der Waals surface area contributed by atoms with E-state index >= 15 is 0 Å². The zero-order valence-electron chi connectivity index (χ0n) is 11.5. The third kappa shape index (κ3) is 2.63. The van der Waals surface area contributed by atoms with Crippen molar-refractivity contribution in [1.29, 1.82) is 0 Å². The minimum absolute atomic E-state index is 0.0572. The molecule has 2 atom stereocenters. The number of aromatic nitrogens is 2. The zero-order chi connectivity index (χ0) is 13.9. The van der Waals surface area contributed by atoms with Crippen LogP contribution in [0.2, 0.25) is 0 Å². The van der Waals surface area contributed by atoms with Crippen molar-refractivity contribution in [2.45, 2.75) is 25.0 Å². The Morgan fingerprint density at radius 2 is 2.15 bits per heavy atom. The summed E-state index contributed by atoms with van der Waals surface area (Å²) in [6.07, 6.45) is 3.43. The van der Waals surface area contributed by atoms with Crippen molar-refractivity contribution >= 4 is 0 Å². The zero-order valence-corrected chi connectivity index (χ0v) is 11.5. The van der Waals surface area contributed by atoms with Gasteiger partial charge in [-0.25, -0.2) is 0 Å². The second kappa shape index (κ2) is 5.54. The highest BCUT2D eigenvalue weighted by Gasteiger charge is 2.26. The molecule has 5 heteroatoms. The molecule has 20 heavy (non-hydrogen) atoms. The lowest BCUT2D eigenvalue weighted by molar-refractivity contribution is 0.0701. The first-order valence-electron chi connectivity index (χ1n) is 6.85. The van der Waals surface area contributed by atoms with Gasteiger partial charge in [0.05, 0.1) is 0 Å². The van der Waals surface area contributed by atoms with Gasteiger partial charge in [0.1, 0.15) is 12.7 Å². The van der Waals surface area contributed by atoms with E-state index in [0.717, 1.165) is 24.3 Å². The summed E-state index contributed by atoms with van der Waals surface area (Å²) in [4.78, 5) is 0. The highest BCUT2D eigenvalue weighted by Crippen LogP contribution is 2.31. The van der Waals surface area contributed by atoms with Gasteiger partial charge in [-0.05, 0) is 31.0 Å². The van der Waals surface area contributed by atoms with Gasteiger partial charge >= 0.3 is 0 Å². The molecule has 0 spiro atoms. The monoisotopic (exact) mass is 273 g/mol. The normalized spacial score (nSPS) is 18.8. The lowest BCUT2D eigenvalue weighted by Gasteiger charge is -2.30. The van der Waals surface area contributed by atoms with Gasteiger partial charge in [-0.1, -0.05) is 12.1 Å². The second-order valence-electron chi connectivity index (χ2n) is 5.06. The van der Waals surface area contributed by atoms with Crippen LogP contribution in [0.25, 0.3) is 0 Å². The average molecular weight is 273 g/mol. The van der Waals surface area contributed by atoms with Crippen LogP contribution in [-0.2, 0) is 13.5 Å². The maximum Gasteiger partial charge on any atom is 0.161 e. The lowest BCUT2D eigenvalue weighted by Crippen LogP contribution is -2.45. The molecule has 0 saturated heterocycles. The van der Waals surface area contributed by atoms with E-state index in [9.17, 15) is 0 Å². The molecule has 0 aliphatic carbocycles. The molecule has 3 rings (SSSR count). The molecule has 0 fully saturated rings. The van der Waals surface area contributed by atoms with Crippen molar-refractivity contribution in [1.82, 2.24) is 9.78 Å². The summed E-state index contributed by atoms with van der Waals surface area (Å²) in [7, 11) is 1.94. The lowest BCUT2D eigenvalue weighted by atomic mass is 10.0. The first kappa shape index (κ1) is 13.0. The Bertz CT molecular complexity index is 582. The molecule has 2 heterocycles. The molecule has 0 saturated carbocycles. The maximum atomic E-state index is 6.24. The number of hydrogen-bond acceptors (Lipinski definition) is 4. The number of nitrogens with zero attached hydrogens (tertiary/aromatic N) is 2. The Kier molecular flexibility index (Phi) is 3.60. The predicted molar refractivity (Wildman–Crippen MR) is 75.9 cm³/mol. The van der Waals surface area contributed by atoms with Crippen LogP contribution in [0.3, 0.4) is 0 Å². The number of aryl methyl sites for hydroxylation is 2. The summed E-state index contributed by atoms with van der Waals surface area (Å²) in [6.45, 7) is 0.504. The molecular weight excluding hydrogens is 254 g/mol. The molecule has 2 aromatic rings. The fraction of sp³-hybridized carbons (Fsp3) is 0.400. The molecule has 5 nitrogen and oxygen atoms in total. The van der Waals surface area contributed by atoms with Gasteiger partial charge in [-0.3, -0.25) is 4.68 Å². The van der Waals surface area contributed by atoms with Crippen LogP contribution in [-0.4, -0.2) is 28.5 Å². The van der Waals surface area contributed by atoms with Gasteiger partial charge in [-0.15, -0.1) is 0 Å². The van der Waals surface area contributed by atoms with Crippen molar-refractivity contribution in [3.05, 3.63) is 42.2 Å². The molecule has 0 amide bonds.